The van der Waals surface area contributed by atoms with E-state index in [1.165, 1.54) is 0 Å². The average molecular weight is 142 g/mol. The molecule has 0 saturated heterocycles. The minimum Gasteiger partial charge on any atom is -0.295 e. The van der Waals surface area contributed by atoms with Gasteiger partial charge in [0.15, 0.2) is 12.1 Å². The van der Waals surface area contributed by atoms with Gasteiger partial charge in [0.1, 0.15) is 0 Å². The van der Waals surface area contributed by atoms with Gasteiger partial charge >= 0.3 is 0 Å². The maximum Gasteiger partial charge on any atom is 0.197 e. The lowest BCUT2D eigenvalue weighted by Gasteiger charge is -2.02. The van der Waals surface area contributed by atoms with Crippen molar-refractivity contribution >= 4 is 12.1 Å². The van der Waals surface area contributed by atoms with Gasteiger partial charge in [-0.3, -0.25) is 9.59 Å². The van der Waals surface area contributed by atoms with E-state index in [4.69, 9.17) is 0 Å². The van der Waals surface area contributed by atoms with Gasteiger partial charge in [-0.15, -0.1) is 0 Å². The lowest BCUT2D eigenvalue weighted by Crippen LogP contribution is -2.11. The molecule has 1 unspecified atom stereocenters. The monoisotopic (exact) mass is 142 g/mol. The highest BCUT2D eigenvalue weighted by atomic mass is 16.2. The molecule has 0 aliphatic carbocycles. The number of carbonyl (C=O) groups excluding carboxylic acids is 2. The number of hydrogen-bond donors (Lipinski definition) is 0. The Labute approximate surface area is 61.6 Å². The second-order valence-electron chi connectivity index (χ2n) is 2.56. The average Bonchev–Trinajstić information content (AvgIpc) is 1.98. The second kappa shape index (κ2) is 5.15. The summed E-state index contributed by atoms with van der Waals surface area (Å²) in [6.45, 7) is 3.87. The summed E-state index contributed by atoms with van der Waals surface area (Å²) >= 11 is 0. The van der Waals surface area contributed by atoms with Crippen LogP contribution in [-0.4, -0.2) is 12.1 Å². The third-order valence-electron chi connectivity index (χ3n) is 1.59. The predicted octanol–water partition coefficient (Wildman–Crippen LogP) is 1.58. The van der Waals surface area contributed by atoms with E-state index < -0.39 is 0 Å². The first-order chi connectivity index (χ1) is 4.72. The van der Waals surface area contributed by atoms with Gasteiger partial charge in [-0.2, -0.15) is 0 Å². The Bertz CT molecular complexity index is 118. The number of unbranched alkanes of at least 4 members (excludes halogenated alkanes) is 1. The van der Waals surface area contributed by atoms with E-state index in [1.807, 2.05) is 0 Å². The van der Waals surface area contributed by atoms with Crippen LogP contribution < -0.4 is 0 Å². The summed E-state index contributed by atoms with van der Waals surface area (Å²) in [5, 5.41) is 0. The molecule has 0 aliphatic heterocycles. The van der Waals surface area contributed by atoms with Gasteiger partial charge in [0.2, 0.25) is 0 Å². The Morgan fingerprint density at radius 1 is 1.60 bits per heavy atom. The molecule has 0 spiro atoms. The van der Waals surface area contributed by atoms with Gasteiger partial charge in [-0.1, -0.05) is 26.7 Å². The summed E-state index contributed by atoms with van der Waals surface area (Å²) in [6, 6.07) is 0. The number of carbonyl (C=O) groups is 2. The molecule has 2 heteroatoms. The molecule has 0 fully saturated rings. The van der Waals surface area contributed by atoms with E-state index in [0.29, 0.717) is 6.29 Å². The minimum absolute atomic E-state index is 0.0718. The van der Waals surface area contributed by atoms with E-state index in [1.54, 1.807) is 6.92 Å². The van der Waals surface area contributed by atoms with Gasteiger partial charge in [-0.05, 0) is 6.42 Å². The lowest BCUT2D eigenvalue weighted by atomic mass is 10.0. The van der Waals surface area contributed by atoms with E-state index in [-0.39, 0.29) is 11.7 Å². The first-order valence-corrected chi connectivity index (χ1v) is 3.71. The van der Waals surface area contributed by atoms with Crippen LogP contribution >= 0.6 is 0 Å². The first kappa shape index (κ1) is 9.34. The molecular formula is C8H14O2. The molecule has 0 radical (unpaired) electrons. The third kappa shape index (κ3) is 3.38. The Kier molecular flexibility index (Phi) is 4.81. The molecule has 58 valence electrons. The van der Waals surface area contributed by atoms with Crippen LogP contribution in [0.2, 0.25) is 0 Å². The van der Waals surface area contributed by atoms with Crippen molar-refractivity contribution in [2.45, 2.75) is 33.1 Å². The van der Waals surface area contributed by atoms with Crippen molar-refractivity contribution in [1.29, 1.82) is 0 Å². The van der Waals surface area contributed by atoms with Gasteiger partial charge in [-0.25, -0.2) is 0 Å². The Morgan fingerprint density at radius 3 is 2.60 bits per heavy atom. The topological polar surface area (TPSA) is 34.1 Å². The van der Waals surface area contributed by atoms with E-state index in [2.05, 4.69) is 6.92 Å². The van der Waals surface area contributed by atoms with Crippen molar-refractivity contribution in [3.63, 3.8) is 0 Å². The van der Waals surface area contributed by atoms with Crippen molar-refractivity contribution in [3.05, 3.63) is 0 Å². The SMILES string of the molecule is CCCCC(C)C(=O)C=O. The van der Waals surface area contributed by atoms with Crippen LogP contribution in [0.5, 0.6) is 0 Å². The molecule has 0 aliphatic rings. The highest BCUT2D eigenvalue weighted by molar-refractivity contribution is 6.25. The quantitative estimate of drug-likeness (QED) is 0.431. The van der Waals surface area contributed by atoms with Crippen molar-refractivity contribution in [2.75, 3.05) is 0 Å². The van der Waals surface area contributed by atoms with Gasteiger partial charge < -0.3 is 0 Å². The lowest BCUT2D eigenvalue weighted by molar-refractivity contribution is -0.132. The molecule has 10 heavy (non-hydrogen) atoms. The fourth-order valence-corrected chi connectivity index (χ4v) is 0.769. The maximum absolute atomic E-state index is 10.6. The van der Waals surface area contributed by atoms with Gasteiger partial charge in [0.05, 0.1) is 0 Å². The van der Waals surface area contributed by atoms with Crippen molar-refractivity contribution in [2.24, 2.45) is 5.92 Å². The largest absolute Gasteiger partial charge is 0.295 e. The van der Waals surface area contributed by atoms with Gasteiger partial charge in [0.25, 0.3) is 0 Å². The highest BCUT2D eigenvalue weighted by Gasteiger charge is 2.09. The fourth-order valence-electron chi connectivity index (χ4n) is 0.769. The Hall–Kier alpha value is -0.660. The van der Waals surface area contributed by atoms with Gasteiger partial charge in [0, 0.05) is 5.92 Å². The second-order valence-corrected chi connectivity index (χ2v) is 2.56. The molecular weight excluding hydrogens is 128 g/mol. The van der Waals surface area contributed by atoms with Crippen LogP contribution in [0.3, 0.4) is 0 Å². The van der Waals surface area contributed by atoms with Crippen LogP contribution in [0.1, 0.15) is 33.1 Å². The highest BCUT2D eigenvalue weighted by Crippen LogP contribution is 2.06. The summed E-state index contributed by atoms with van der Waals surface area (Å²) in [4.78, 5) is 20.6. The number of ketones is 1. The zero-order chi connectivity index (χ0) is 7.98. The fraction of sp³-hybridized carbons (Fsp3) is 0.750. The molecule has 0 N–H and O–H groups in total. The molecule has 0 aromatic carbocycles. The van der Waals surface area contributed by atoms with Crippen LogP contribution in [-0.2, 0) is 9.59 Å². The number of rotatable bonds is 5. The number of hydrogen-bond acceptors (Lipinski definition) is 2. The normalized spacial score (nSPS) is 12.6. The predicted molar refractivity (Wildman–Crippen MR) is 39.8 cm³/mol. The minimum atomic E-state index is -0.270. The third-order valence-corrected chi connectivity index (χ3v) is 1.59. The smallest absolute Gasteiger partial charge is 0.197 e. The summed E-state index contributed by atoms with van der Waals surface area (Å²) in [7, 11) is 0. The molecule has 0 aromatic rings. The zero-order valence-corrected chi connectivity index (χ0v) is 6.59. The van der Waals surface area contributed by atoms with Crippen LogP contribution in [0.15, 0.2) is 0 Å². The van der Waals surface area contributed by atoms with E-state index >= 15 is 0 Å². The molecule has 0 aromatic heterocycles. The molecule has 0 heterocycles. The van der Waals surface area contributed by atoms with Crippen LogP contribution in [0, 0.1) is 5.92 Å². The van der Waals surface area contributed by atoms with Crippen LogP contribution in [0.25, 0.3) is 0 Å². The summed E-state index contributed by atoms with van der Waals surface area (Å²) in [6.07, 6.45) is 3.37. The van der Waals surface area contributed by atoms with E-state index in [0.717, 1.165) is 19.3 Å². The van der Waals surface area contributed by atoms with Crippen LogP contribution in [0.4, 0.5) is 0 Å². The molecule has 1 atom stereocenters. The van der Waals surface area contributed by atoms with Crippen molar-refractivity contribution in [1.82, 2.24) is 0 Å². The first-order valence-electron chi connectivity index (χ1n) is 3.71. The Balaban J connectivity index is 3.51. The maximum atomic E-state index is 10.6. The summed E-state index contributed by atoms with van der Waals surface area (Å²) < 4.78 is 0. The standard InChI is InChI=1S/C8H14O2/c1-3-4-5-7(2)8(10)6-9/h6-7H,3-5H2,1-2H3. The number of aldehydes is 1. The number of Topliss-reactive ketones (excluding diaryl/α,β-unsaturated/α-hetero) is 1. The molecule has 2 nitrogen and oxygen atoms in total. The molecule has 0 amide bonds. The molecule has 0 bridgehead atoms. The summed E-state index contributed by atoms with van der Waals surface area (Å²) in [5.41, 5.74) is 0. The Morgan fingerprint density at radius 2 is 2.20 bits per heavy atom. The van der Waals surface area contributed by atoms with Crippen molar-refractivity contribution in [3.8, 4) is 0 Å². The zero-order valence-electron chi connectivity index (χ0n) is 6.59. The summed E-state index contributed by atoms with van der Waals surface area (Å²) in [5.74, 6) is -0.342. The van der Waals surface area contributed by atoms with Crippen molar-refractivity contribution < 1.29 is 9.59 Å². The molecule has 0 saturated carbocycles. The van der Waals surface area contributed by atoms with E-state index in [9.17, 15) is 9.59 Å². The molecule has 0 rings (SSSR count).